The summed E-state index contributed by atoms with van der Waals surface area (Å²) >= 11 is 5.68. The molecule has 19 heavy (non-hydrogen) atoms. The van der Waals surface area contributed by atoms with Crippen molar-refractivity contribution in [3.63, 3.8) is 0 Å². The van der Waals surface area contributed by atoms with E-state index in [0.717, 1.165) is 11.0 Å². The largest absolute Gasteiger partial charge is 0.338 e. The Balaban J connectivity index is 2.17. The molecule has 4 heteroatoms. The van der Waals surface area contributed by atoms with E-state index in [1.54, 1.807) is 6.07 Å². The fraction of sp³-hybridized carbons (Fsp3) is 0.133. The van der Waals surface area contributed by atoms with Crippen molar-refractivity contribution in [2.45, 2.75) is 13.8 Å². The quantitative estimate of drug-likeness (QED) is 0.688. The molecule has 0 saturated heterocycles. The van der Waals surface area contributed by atoms with Gasteiger partial charge in [0.25, 0.3) is 0 Å². The first-order chi connectivity index (χ1) is 9.04. The Bertz CT molecular complexity index is 738. The van der Waals surface area contributed by atoms with Crippen LogP contribution in [0.2, 0.25) is 5.02 Å². The number of imidazole rings is 1. The molecule has 0 bridgehead atoms. The number of hydrogen-bond acceptors (Lipinski definition) is 1. The average molecular weight is 275 g/mol. The Hall–Kier alpha value is -1.87. The SMILES string of the molecule is Cc1cc2nc(-c3ccc(Cl)c(F)c3)[nH]c2cc1C. The smallest absolute Gasteiger partial charge is 0.142 e. The molecule has 0 radical (unpaired) electrons. The molecule has 0 aliphatic rings. The lowest BCUT2D eigenvalue weighted by atomic mass is 10.1. The summed E-state index contributed by atoms with van der Waals surface area (Å²) in [6.45, 7) is 4.10. The Morgan fingerprint density at radius 1 is 1.11 bits per heavy atom. The van der Waals surface area contributed by atoms with E-state index in [1.165, 1.54) is 23.3 Å². The molecule has 96 valence electrons. The average Bonchev–Trinajstić information content (AvgIpc) is 2.76. The molecule has 0 fully saturated rings. The second-order valence-electron chi connectivity index (χ2n) is 4.67. The molecule has 1 N–H and O–H groups in total. The molecule has 2 nitrogen and oxygen atoms in total. The Morgan fingerprint density at radius 2 is 1.84 bits per heavy atom. The molecule has 3 rings (SSSR count). The van der Waals surface area contributed by atoms with E-state index in [2.05, 4.69) is 16.9 Å². The van der Waals surface area contributed by atoms with Crippen LogP contribution in [0.1, 0.15) is 11.1 Å². The van der Waals surface area contributed by atoms with E-state index < -0.39 is 5.82 Å². The first kappa shape index (κ1) is 12.2. The van der Waals surface area contributed by atoms with Crippen LogP contribution in [0.25, 0.3) is 22.4 Å². The van der Waals surface area contributed by atoms with Crippen LogP contribution < -0.4 is 0 Å². The summed E-state index contributed by atoms with van der Waals surface area (Å²) in [5.41, 5.74) is 4.91. The molecule has 1 aromatic heterocycles. The molecule has 2 aromatic carbocycles. The van der Waals surface area contributed by atoms with E-state index in [4.69, 9.17) is 11.6 Å². The maximum atomic E-state index is 13.5. The third-order valence-corrected chi connectivity index (χ3v) is 3.60. The summed E-state index contributed by atoms with van der Waals surface area (Å²) in [5, 5.41) is 0.117. The summed E-state index contributed by atoms with van der Waals surface area (Å²) in [7, 11) is 0. The predicted octanol–water partition coefficient (Wildman–Crippen LogP) is 4.64. The number of rotatable bonds is 1. The van der Waals surface area contributed by atoms with Gasteiger partial charge in [-0.15, -0.1) is 0 Å². The molecular formula is C15H12ClFN2. The highest BCUT2D eigenvalue weighted by atomic mass is 35.5. The van der Waals surface area contributed by atoms with E-state index in [1.807, 2.05) is 19.1 Å². The Kier molecular flexibility index (Phi) is 2.79. The number of aromatic nitrogens is 2. The molecule has 0 aliphatic carbocycles. The Morgan fingerprint density at radius 3 is 2.58 bits per heavy atom. The van der Waals surface area contributed by atoms with Crippen LogP contribution in [0.5, 0.6) is 0 Å². The summed E-state index contributed by atoms with van der Waals surface area (Å²) in [4.78, 5) is 7.70. The zero-order valence-corrected chi connectivity index (χ0v) is 11.3. The lowest BCUT2D eigenvalue weighted by Gasteiger charge is -1.98. The van der Waals surface area contributed by atoms with Gasteiger partial charge >= 0.3 is 0 Å². The van der Waals surface area contributed by atoms with Gasteiger partial charge in [0.2, 0.25) is 0 Å². The molecule has 0 amide bonds. The Labute approximate surface area is 115 Å². The first-order valence-corrected chi connectivity index (χ1v) is 6.35. The molecule has 0 saturated carbocycles. The highest BCUT2D eigenvalue weighted by molar-refractivity contribution is 6.30. The van der Waals surface area contributed by atoms with Gasteiger partial charge in [-0.1, -0.05) is 11.6 Å². The maximum Gasteiger partial charge on any atom is 0.142 e. The number of fused-ring (bicyclic) bond motifs is 1. The van der Waals surface area contributed by atoms with Gasteiger partial charge in [-0.05, 0) is 55.3 Å². The van der Waals surface area contributed by atoms with Gasteiger partial charge in [0.15, 0.2) is 0 Å². The predicted molar refractivity (Wildman–Crippen MR) is 76.0 cm³/mol. The number of nitrogens with one attached hydrogen (secondary N) is 1. The number of H-pyrrole nitrogens is 1. The molecule has 3 aromatic rings. The van der Waals surface area contributed by atoms with E-state index in [0.29, 0.717) is 11.4 Å². The summed E-state index contributed by atoms with van der Waals surface area (Å²) in [6.07, 6.45) is 0. The fourth-order valence-corrected chi connectivity index (χ4v) is 2.17. The summed E-state index contributed by atoms with van der Waals surface area (Å²) in [5.74, 6) is 0.211. The van der Waals surface area contributed by atoms with Crippen LogP contribution in [-0.4, -0.2) is 9.97 Å². The van der Waals surface area contributed by atoms with E-state index >= 15 is 0 Å². The molecule has 0 aliphatic heterocycles. The summed E-state index contributed by atoms with van der Waals surface area (Å²) < 4.78 is 13.5. The van der Waals surface area contributed by atoms with Crippen LogP contribution in [0.15, 0.2) is 30.3 Å². The number of benzene rings is 2. The van der Waals surface area contributed by atoms with E-state index in [-0.39, 0.29) is 5.02 Å². The number of hydrogen-bond donors (Lipinski definition) is 1. The normalized spacial score (nSPS) is 11.2. The second kappa shape index (κ2) is 4.35. The van der Waals surface area contributed by atoms with Crippen molar-refractivity contribution in [3.05, 3.63) is 52.3 Å². The first-order valence-electron chi connectivity index (χ1n) is 5.97. The molecule has 0 spiro atoms. The van der Waals surface area contributed by atoms with Crippen molar-refractivity contribution in [1.82, 2.24) is 9.97 Å². The number of halogens is 2. The maximum absolute atomic E-state index is 13.5. The van der Waals surface area contributed by atoms with Gasteiger partial charge in [0, 0.05) is 5.56 Å². The lowest BCUT2D eigenvalue weighted by molar-refractivity contribution is 0.628. The highest BCUT2D eigenvalue weighted by Crippen LogP contribution is 2.25. The number of aryl methyl sites for hydroxylation is 2. The van der Waals surface area contributed by atoms with Crippen LogP contribution in [0.3, 0.4) is 0 Å². The molecular weight excluding hydrogens is 263 g/mol. The monoisotopic (exact) mass is 274 g/mol. The molecule has 1 heterocycles. The van der Waals surface area contributed by atoms with Gasteiger partial charge in [0.1, 0.15) is 11.6 Å². The standard InChI is InChI=1S/C15H12ClFN2/c1-8-5-13-14(6-9(8)2)19-15(18-13)10-3-4-11(16)12(17)7-10/h3-7H,1-2H3,(H,18,19). The topological polar surface area (TPSA) is 28.7 Å². The zero-order valence-electron chi connectivity index (χ0n) is 10.6. The lowest BCUT2D eigenvalue weighted by Crippen LogP contribution is -1.83. The van der Waals surface area contributed by atoms with Gasteiger partial charge in [0.05, 0.1) is 16.1 Å². The van der Waals surface area contributed by atoms with Crippen LogP contribution >= 0.6 is 11.6 Å². The van der Waals surface area contributed by atoms with Crippen molar-refractivity contribution in [1.29, 1.82) is 0 Å². The fourth-order valence-electron chi connectivity index (χ4n) is 2.05. The van der Waals surface area contributed by atoms with Gasteiger partial charge in [-0.3, -0.25) is 0 Å². The van der Waals surface area contributed by atoms with Crippen LogP contribution in [0, 0.1) is 19.7 Å². The summed E-state index contributed by atoms with van der Waals surface area (Å²) in [6, 6.07) is 8.75. The van der Waals surface area contributed by atoms with Crippen molar-refractivity contribution >= 4 is 22.6 Å². The van der Waals surface area contributed by atoms with Gasteiger partial charge in [-0.25, -0.2) is 9.37 Å². The van der Waals surface area contributed by atoms with Crippen LogP contribution in [0.4, 0.5) is 4.39 Å². The highest BCUT2D eigenvalue weighted by Gasteiger charge is 2.09. The number of aromatic amines is 1. The van der Waals surface area contributed by atoms with Crippen molar-refractivity contribution in [2.75, 3.05) is 0 Å². The zero-order chi connectivity index (χ0) is 13.6. The molecule has 0 unspecified atom stereocenters. The van der Waals surface area contributed by atoms with Crippen molar-refractivity contribution in [2.24, 2.45) is 0 Å². The number of nitrogens with zero attached hydrogens (tertiary/aromatic N) is 1. The van der Waals surface area contributed by atoms with Gasteiger partial charge < -0.3 is 4.98 Å². The minimum absolute atomic E-state index is 0.117. The molecule has 0 atom stereocenters. The minimum atomic E-state index is -0.438. The minimum Gasteiger partial charge on any atom is -0.338 e. The van der Waals surface area contributed by atoms with E-state index in [9.17, 15) is 4.39 Å². The van der Waals surface area contributed by atoms with Gasteiger partial charge in [-0.2, -0.15) is 0 Å². The van der Waals surface area contributed by atoms with Crippen molar-refractivity contribution < 1.29 is 4.39 Å². The third-order valence-electron chi connectivity index (χ3n) is 3.29. The second-order valence-corrected chi connectivity index (χ2v) is 5.08. The third kappa shape index (κ3) is 2.10. The van der Waals surface area contributed by atoms with Crippen molar-refractivity contribution in [3.8, 4) is 11.4 Å². The van der Waals surface area contributed by atoms with Crippen LogP contribution in [-0.2, 0) is 0 Å².